The van der Waals surface area contributed by atoms with Gasteiger partial charge in [0.25, 0.3) is 9.05 Å². The molecule has 3 rings (SSSR count). The van der Waals surface area contributed by atoms with Crippen LogP contribution in [0.15, 0.2) is 46.2 Å². The van der Waals surface area contributed by atoms with E-state index in [0.717, 1.165) is 11.8 Å². The van der Waals surface area contributed by atoms with E-state index >= 15 is 0 Å². The molecule has 7 nitrogen and oxygen atoms in total. The van der Waals surface area contributed by atoms with Crippen LogP contribution in [0.4, 0.5) is 5.69 Å². The Morgan fingerprint density at radius 2 is 1.52 bits per heavy atom. The highest BCUT2D eigenvalue weighted by Gasteiger charge is 2.31. The average Bonchev–Trinajstić information content (AvgIpc) is 2.66. The normalized spacial score (nSPS) is 15.9. The van der Waals surface area contributed by atoms with Crippen molar-refractivity contribution in [3.63, 3.8) is 0 Å². The number of piperazine rings is 1. The lowest BCUT2D eigenvalue weighted by molar-refractivity contribution is 0.384. The Morgan fingerprint density at radius 1 is 0.931 bits per heavy atom. The largest absolute Gasteiger partial charge is 0.368 e. The first-order chi connectivity index (χ1) is 13.6. The predicted octanol–water partition coefficient (Wildman–Crippen LogP) is 2.61. The highest BCUT2D eigenvalue weighted by molar-refractivity contribution is 8.13. The molecule has 1 heterocycles. The Hall–Kier alpha value is -2.12. The molecule has 0 radical (unpaired) electrons. The second kappa shape index (κ2) is 7.95. The predicted molar refractivity (Wildman–Crippen MR) is 111 cm³/mol. The summed E-state index contributed by atoms with van der Waals surface area (Å²) in [6, 6.07) is 12.0. The number of anilines is 1. The van der Waals surface area contributed by atoms with Crippen LogP contribution in [0.25, 0.3) is 0 Å². The van der Waals surface area contributed by atoms with Crippen LogP contribution in [0.1, 0.15) is 16.7 Å². The Morgan fingerprint density at radius 3 is 2.10 bits per heavy atom. The summed E-state index contributed by atoms with van der Waals surface area (Å²) in [4.78, 5) is 1.71. The number of nitriles is 1. The minimum Gasteiger partial charge on any atom is -0.368 e. The summed E-state index contributed by atoms with van der Waals surface area (Å²) >= 11 is 0. The summed E-state index contributed by atoms with van der Waals surface area (Å²) in [6.45, 7) is 4.48. The zero-order chi connectivity index (χ0) is 21.4. The number of hydrogen-bond donors (Lipinski definition) is 0. The van der Waals surface area contributed by atoms with E-state index in [2.05, 4.69) is 6.07 Å². The summed E-state index contributed by atoms with van der Waals surface area (Å²) in [7, 11) is -2.49. The fourth-order valence-corrected chi connectivity index (χ4v) is 6.44. The number of aryl methyl sites for hydroxylation is 2. The molecule has 1 saturated heterocycles. The molecule has 2 aromatic carbocycles. The van der Waals surface area contributed by atoms with Crippen LogP contribution in [-0.4, -0.2) is 47.3 Å². The van der Waals surface area contributed by atoms with Crippen LogP contribution in [-0.2, 0) is 19.1 Å². The fourth-order valence-electron chi connectivity index (χ4n) is 3.51. The zero-order valence-corrected chi connectivity index (χ0v) is 18.4. The number of nitrogens with zero attached hydrogens (tertiary/aromatic N) is 3. The van der Waals surface area contributed by atoms with E-state index in [9.17, 15) is 22.1 Å². The van der Waals surface area contributed by atoms with E-state index in [1.54, 1.807) is 26.0 Å². The van der Waals surface area contributed by atoms with Gasteiger partial charge in [0.2, 0.25) is 10.0 Å². The highest BCUT2D eigenvalue weighted by atomic mass is 35.7. The third kappa shape index (κ3) is 4.26. The monoisotopic (exact) mass is 453 g/mol. The van der Waals surface area contributed by atoms with Gasteiger partial charge < -0.3 is 4.90 Å². The van der Waals surface area contributed by atoms with Crippen LogP contribution in [0.2, 0.25) is 0 Å². The van der Waals surface area contributed by atoms with Gasteiger partial charge in [0.1, 0.15) is 6.07 Å². The quantitative estimate of drug-likeness (QED) is 0.660. The van der Waals surface area contributed by atoms with Gasteiger partial charge in [-0.05, 0) is 43.2 Å². The van der Waals surface area contributed by atoms with Crippen molar-refractivity contribution in [1.82, 2.24) is 4.31 Å². The van der Waals surface area contributed by atoms with Crippen molar-refractivity contribution in [3.8, 4) is 6.07 Å². The van der Waals surface area contributed by atoms with E-state index in [4.69, 9.17) is 10.7 Å². The zero-order valence-electron chi connectivity index (χ0n) is 16.0. The first kappa shape index (κ1) is 21.6. The number of hydrogen-bond acceptors (Lipinski definition) is 6. The SMILES string of the molecule is Cc1cc(C)c(S(=O)(=O)N2CCN(c3ccccc3C#N)CC2)cc1S(=O)(=O)Cl. The minimum absolute atomic E-state index is 0.0619. The molecule has 2 aromatic rings. The molecule has 0 atom stereocenters. The molecule has 0 spiro atoms. The van der Waals surface area contributed by atoms with Crippen molar-refractivity contribution < 1.29 is 16.8 Å². The third-order valence-electron chi connectivity index (χ3n) is 4.96. The number of para-hydroxylation sites is 1. The Bertz CT molecular complexity index is 1200. The lowest BCUT2D eigenvalue weighted by atomic mass is 10.1. The van der Waals surface area contributed by atoms with E-state index in [0.29, 0.717) is 29.8 Å². The van der Waals surface area contributed by atoms with Gasteiger partial charge in [0.05, 0.1) is 21.0 Å². The lowest BCUT2D eigenvalue weighted by Gasteiger charge is -2.36. The topological polar surface area (TPSA) is 98.5 Å². The molecule has 0 aromatic heterocycles. The van der Waals surface area contributed by atoms with Crippen LogP contribution >= 0.6 is 10.7 Å². The van der Waals surface area contributed by atoms with Gasteiger partial charge in [-0.15, -0.1) is 0 Å². The highest BCUT2D eigenvalue weighted by Crippen LogP contribution is 2.29. The second-order valence-corrected chi connectivity index (χ2v) is 11.3. The molecule has 0 saturated carbocycles. The maximum atomic E-state index is 13.2. The number of benzene rings is 2. The van der Waals surface area contributed by atoms with Gasteiger partial charge in [0.15, 0.2) is 0 Å². The molecule has 0 unspecified atom stereocenters. The fraction of sp³-hybridized carbons (Fsp3) is 0.316. The first-order valence-electron chi connectivity index (χ1n) is 8.86. The smallest absolute Gasteiger partial charge is 0.261 e. The number of sulfonamides is 1. The molecule has 29 heavy (non-hydrogen) atoms. The van der Waals surface area contributed by atoms with E-state index in [1.165, 1.54) is 10.4 Å². The maximum Gasteiger partial charge on any atom is 0.261 e. The lowest BCUT2D eigenvalue weighted by Crippen LogP contribution is -2.49. The molecular weight excluding hydrogens is 434 g/mol. The molecule has 1 aliphatic rings. The molecule has 1 fully saturated rings. The van der Waals surface area contributed by atoms with Gasteiger partial charge in [0, 0.05) is 36.9 Å². The maximum absolute atomic E-state index is 13.2. The number of rotatable bonds is 4. The molecule has 0 aliphatic carbocycles. The van der Waals surface area contributed by atoms with Crippen molar-refractivity contribution in [2.45, 2.75) is 23.6 Å². The summed E-state index contributed by atoms with van der Waals surface area (Å²) in [6.07, 6.45) is 0. The number of halogens is 1. The average molecular weight is 454 g/mol. The summed E-state index contributed by atoms with van der Waals surface area (Å²) < 4.78 is 51.3. The van der Waals surface area contributed by atoms with E-state index in [1.807, 2.05) is 17.0 Å². The first-order valence-corrected chi connectivity index (χ1v) is 12.6. The van der Waals surface area contributed by atoms with Crippen LogP contribution in [0, 0.1) is 25.2 Å². The molecule has 0 N–H and O–H groups in total. The molecule has 0 bridgehead atoms. The molecule has 0 amide bonds. The second-order valence-electron chi connectivity index (χ2n) is 6.84. The molecule has 1 aliphatic heterocycles. The van der Waals surface area contributed by atoms with Crippen LogP contribution in [0.3, 0.4) is 0 Å². The minimum atomic E-state index is -4.07. The van der Waals surface area contributed by atoms with Gasteiger partial charge >= 0.3 is 0 Å². The van der Waals surface area contributed by atoms with Gasteiger partial charge in [-0.25, -0.2) is 16.8 Å². The van der Waals surface area contributed by atoms with Crippen molar-refractivity contribution in [3.05, 3.63) is 53.1 Å². The summed E-state index contributed by atoms with van der Waals surface area (Å²) in [5.74, 6) is 0. The Balaban J connectivity index is 1.89. The molecular formula is C19H20ClN3O4S2. The molecule has 10 heteroatoms. The Kier molecular flexibility index (Phi) is 5.92. The van der Waals surface area contributed by atoms with Crippen molar-refractivity contribution in [1.29, 1.82) is 5.26 Å². The summed E-state index contributed by atoms with van der Waals surface area (Å²) in [5, 5.41) is 9.28. The van der Waals surface area contributed by atoms with Crippen molar-refractivity contribution >= 4 is 35.4 Å². The van der Waals surface area contributed by atoms with Crippen molar-refractivity contribution in [2.24, 2.45) is 0 Å². The van der Waals surface area contributed by atoms with Crippen molar-refractivity contribution in [2.75, 3.05) is 31.1 Å². The summed E-state index contributed by atoms with van der Waals surface area (Å²) in [5.41, 5.74) is 2.17. The van der Waals surface area contributed by atoms with Gasteiger partial charge in [-0.3, -0.25) is 0 Å². The van der Waals surface area contributed by atoms with E-state index < -0.39 is 19.1 Å². The van der Waals surface area contributed by atoms with Crippen LogP contribution in [0.5, 0.6) is 0 Å². The van der Waals surface area contributed by atoms with Crippen LogP contribution < -0.4 is 4.90 Å². The van der Waals surface area contributed by atoms with E-state index in [-0.39, 0.29) is 22.9 Å². The Labute approximate surface area is 175 Å². The standard InChI is InChI=1S/C19H20ClN3O4S2/c1-14-11-15(2)19(12-18(14)28(20,24)25)29(26,27)23-9-7-22(8-10-23)17-6-4-3-5-16(17)13-21/h3-6,11-12H,7-10H2,1-2H3. The van der Waals surface area contributed by atoms with Gasteiger partial charge in [-0.1, -0.05) is 18.2 Å². The van der Waals surface area contributed by atoms with Gasteiger partial charge in [-0.2, -0.15) is 9.57 Å². The molecule has 154 valence electrons. The third-order valence-corrected chi connectivity index (χ3v) is 8.46.